The monoisotopic (exact) mass is 499 g/mol. The molecular formula is C21H15ClF5N5O2. The number of halogens is 6. The fourth-order valence-electron chi connectivity index (χ4n) is 3.18. The standard InChI is InChI=1S/C21H15ClF5N5O2/c22-16-17(19(24)25)30-32(18(16)20(26)27)10-13-5-6-15(34-13)21(33)29-12-7-28-31(9-12)8-11-3-1-2-4-14(11)23/h1-7,9,19-20H,8,10H2,(H,29,33). The number of amides is 1. The van der Waals surface area contributed by atoms with E-state index in [0.717, 1.165) is 0 Å². The van der Waals surface area contributed by atoms with E-state index >= 15 is 0 Å². The van der Waals surface area contributed by atoms with Gasteiger partial charge in [0.1, 0.15) is 23.0 Å². The lowest BCUT2D eigenvalue weighted by molar-refractivity contribution is 0.0994. The van der Waals surface area contributed by atoms with Crippen molar-refractivity contribution in [1.82, 2.24) is 19.6 Å². The van der Waals surface area contributed by atoms with Gasteiger partial charge in [0, 0.05) is 11.8 Å². The lowest BCUT2D eigenvalue weighted by Gasteiger charge is -2.05. The predicted octanol–water partition coefficient (Wildman–Crippen LogP) is 5.69. The number of nitrogens with zero attached hydrogens (tertiary/aromatic N) is 4. The Balaban J connectivity index is 1.44. The first-order valence-electron chi connectivity index (χ1n) is 9.71. The second-order valence-electron chi connectivity index (χ2n) is 7.08. The second-order valence-corrected chi connectivity index (χ2v) is 7.46. The molecule has 1 amide bonds. The molecule has 34 heavy (non-hydrogen) atoms. The summed E-state index contributed by atoms with van der Waals surface area (Å²) in [7, 11) is 0. The summed E-state index contributed by atoms with van der Waals surface area (Å²) in [6, 6.07) is 8.80. The van der Waals surface area contributed by atoms with Gasteiger partial charge in [0.05, 0.1) is 30.0 Å². The van der Waals surface area contributed by atoms with Gasteiger partial charge in [-0.05, 0) is 18.2 Å². The van der Waals surface area contributed by atoms with Gasteiger partial charge in [0.2, 0.25) is 0 Å². The quantitative estimate of drug-likeness (QED) is 0.316. The van der Waals surface area contributed by atoms with Crippen LogP contribution in [0.4, 0.5) is 27.6 Å². The van der Waals surface area contributed by atoms with E-state index in [-0.39, 0.29) is 23.9 Å². The minimum Gasteiger partial charge on any atom is -0.454 e. The molecule has 7 nitrogen and oxygen atoms in total. The molecule has 3 aromatic heterocycles. The molecule has 3 heterocycles. The zero-order chi connectivity index (χ0) is 24.4. The number of rotatable bonds is 8. The van der Waals surface area contributed by atoms with Crippen molar-refractivity contribution in [2.75, 3.05) is 5.32 Å². The summed E-state index contributed by atoms with van der Waals surface area (Å²) in [5.74, 6) is -1.21. The van der Waals surface area contributed by atoms with E-state index in [1.54, 1.807) is 18.2 Å². The number of nitrogens with one attached hydrogen (secondary N) is 1. The van der Waals surface area contributed by atoms with Crippen molar-refractivity contribution in [2.24, 2.45) is 0 Å². The Hall–Kier alpha value is -3.67. The van der Waals surface area contributed by atoms with E-state index in [9.17, 15) is 26.7 Å². The Bertz CT molecular complexity index is 1320. The van der Waals surface area contributed by atoms with Crippen LogP contribution < -0.4 is 5.32 Å². The van der Waals surface area contributed by atoms with E-state index in [2.05, 4.69) is 15.5 Å². The third-order valence-electron chi connectivity index (χ3n) is 4.74. The third kappa shape index (κ3) is 4.96. The molecule has 0 aliphatic heterocycles. The molecule has 0 radical (unpaired) electrons. The number of hydrogen-bond acceptors (Lipinski definition) is 4. The maximum Gasteiger partial charge on any atom is 0.291 e. The smallest absolute Gasteiger partial charge is 0.291 e. The Kier molecular flexibility index (Phi) is 6.68. The molecule has 0 saturated carbocycles. The fourth-order valence-corrected chi connectivity index (χ4v) is 3.48. The molecule has 0 aliphatic carbocycles. The predicted molar refractivity (Wildman–Crippen MR) is 111 cm³/mol. The molecule has 0 unspecified atom stereocenters. The maximum atomic E-state index is 13.8. The van der Waals surface area contributed by atoms with E-state index in [1.165, 1.54) is 35.3 Å². The number of benzene rings is 1. The molecule has 0 bridgehead atoms. The number of furan rings is 1. The number of aromatic nitrogens is 4. The summed E-state index contributed by atoms with van der Waals surface area (Å²) < 4.78 is 73.7. The molecule has 4 aromatic rings. The maximum absolute atomic E-state index is 13.8. The number of alkyl halides is 4. The van der Waals surface area contributed by atoms with Crippen LogP contribution in [0.2, 0.25) is 5.02 Å². The van der Waals surface area contributed by atoms with Gasteiger partial charge in [-0.1, -0.05) is 29.8 Å². The van der Waals surface area contributed by atoms with Crippen molar-refractivity contribution in [1.29, 1.82) is 0 Å². The first kappa shape index (κ1) is 23.5. The van der Waals surface area contributed by atoms with Gasteiger partial charge in [0.15, 0.2) is 5.76 Å². The number of hydrogen-bond donors (Lipinski definition) is 1. The van der Waals surface area contributed by atoms with E-state index in [1.807, 2.05) is 0 Å². The molecule has 0 saturated heterocycles. The van der Waals surface area contributed by atoms with Crippen LogP contribution >= 0.6 is 11.6 Å². The zero-order valence-corrected chi connectivity index (χ0v) is 17.8. The highest BCUT2D eigenvalue weighted by Gasteiger charge is 2.28. The van der Waals surface area contributed by atoms with Crippen molar-refractivity contribution in [2.45, 2.75) is 25.9 Å². The average molecular weight is 500 g/mol. The van der Waals surface area contributed by atoms with Gasteiger partial charge in [-0.15, -0.1) is 0 Å². The van der Waals surface area contributed by atoms with Crippen LogP contribution in [0.1, 0.15) is 46.1 Å². The first-order valence-corrected chi connectivity index (χ1v) is 10.1. The highest BCUT2D eigenvalue weighted by atomic mass is 35.5. The van der Waals surface area contributed by atoms with Crippen molar-refractivity contribution < 1.29 is 31.2 Å². The second kappa shape index (κ2) is 9.67. The van der Waals surface area contributed by atoms with Crippen LogP contribution in [-0.4, -0.2) is 25.5 Å². The van der Waals surface area contributed by atoms with Crippen LogP contribution in [0.3, 0.4) is 0 Å². The molecule has 178 valence electrons. The summed E-state index contributed by atoms with van der Waals surface area (Å²) >= 11 is 5.63. The van der Waals surface area contributed by atoms with E-state index in [0.29, 0.717) is 15.9 Å². The first-order chi connectivity index (χ1) is 16.2. The van der Waals surface area contributed by atoms with Crippen LogP contribution in [-0.2, 0) is 13.1 Å². The van der Waals surface area contributed by atoms with Gasteiger partial charge in [-0.25, -0.2) is 22.0 Å². The SMILES string of the molecule is O=C(Nc1cnn(Cc2ccccc2F)c1)c1ccc(Cn2nc(C(F)F)c(Cl)c2C(F)F)o1. The topological polar surface area (TPSA) is 77.9 Å². The van der Waals surface area contributed by atoms with Crippen molar-refractivity contribution in [3.8, 4) is 0 Å². The molecule has 4 rings (SSSR count). The average Bonchev–Trinajstić information content (AvgIpc) is 3.49. The fraction of sp³-hybridized carbons (Fsp3) is 0.190. The lowest BCUT2D eigenvalue weighted by atomic mass is 10.2. The van der Waals surface area contributed by atoms with Gasteiger partial charge in [-0.3, -0.25) is 14.2 Å². The highest BCUT2D eigenvalue weighted by molar-refractivity contribution is 6.32. The summed E-state index contributed by atoms with van der Waals surface area (Å²) in [6.07, 6.45) is -3.44. The summed E-state index contributed by atoms with van der Waals surface area (Å²) in [4.78, 5) is 12.5. The Morgan fingerprint density at radius 1 is 1.09 bits per heavy atom. The number of carbonyl (C=O) groups excluding carboxylic acids is 1. The molecule has 1 N–H and O–H groups in total. The van der Waals surface area contributed by atoms with Crippen molar-refractivity contribution in [3.05, 3.63) is 88.1 Å². The van der Waals surface area contributed by atoms with Crippen LogP contribution in [0.25, 0.3) is 0 Å². The largest absolute Gasteiger partial charge is 0.454 e. The van der Waals surface area contributed by atoms with Crippen molar-refractivity contribution in [3.63, 3.8) is 0 Å². The Morgan fingerprint density at radius 2 is 1.85 bits per heavy atom. The minimum absolute atomic E-state index is 0.0160. The Morgan fingerprint density at radius 3 is 2.56 bits per heavy atom. The van der Waals surface area contributed by atoms with Crippen LogP contribution in [0.5, 0.6) is 0 Å². The van der Waals surface area contributed by atoms with Gasteiger partial charge < -0.3 is 9.73 Å². The van der Waals surface area contributed by atoms with Crippen LogP contribution in [0.15, 0.2) is 53.2 Å². The number of anilines is 1. The van der Waals surface area contributed by atoms with Gasteiger partial charge in [0.25, 0.3) is 18.8 Å². The van der Waals surface area contributed by atoms with Gasteiger partial charge in [-0.2, -0.15) is 10.2 Å². The minimum atomic E-state index is -3.15. The molecule has 0 aliphatic rings. The summed E-state index contributed by atoms with van der Waals surface area (Å²) in [6.45, 7) is -0.299. The molecule has 0 atom stereocenters. The zero-order valence-electron chi connectivity index (χ0n) is 17.1. The van der Waals surface area contributed by atoms with Crippen LogP contribution in [0, 0.1) is 5.82 Å². The summed E-state index contributed by atoms with van der Waals surface area (Å²) in [5.41, 5.74) is -1.12. The van der Waals surface area contributed by atoms with Gasteiger partial charge >= 0.3 is 0 Å². The normalized spacial score (nSPS) is 11.5. The van der Waals surface area contributed by atoms with E-state index < -0.39 is 41.7 Å². The molecule has 0 spiro atoms. The highest BCUT2D eigenvalue weighted by Crippen LogP contribution is 2.35. The van der Waals surface area contributed by atoms with E-state index in [4.69, 9.17) is 16.0 Å². The molecule has 13 heteroatoms. The lowest BCUT2D eigenvalue weighted by Crippen LogP contribution is -2.11. The Labute approximate surface area is 193 Å². The molecule has 1 aromatic carbocycles. The molecular weight excluding hydrogens is 485 g/mol. The van der Waals surface area contributed by atoms with Crippen molar-refractivity contribution >= 4 is 23.2 Å². The number of carbonyl (C=O) groups is 1. The molecule has 0 fully saturated rings. The summed E-state index contributed by atoms with van der Waals surface area (Å²) in [5, 5.41) is 9.23. The third-order valence-corrected chi connectivity index (χ3v) is 5.13.